The number of nitrogens with two attached hydrogens (primary N) is 1. The van der Waals surface area contributed by atoms with Gasteiger partial charge in [0.25, 0.3) is 0 Å². The van der Waals surface area contributed by atoms with Gasteiger partial charge in [-0.2, -0.15) is 0 Å². The largest absolute Gasteiger partial charge is 0.573 e. The van der Waals surface area contributed by atoms with Crippen LogP contribution in [-0.4, -0.2) is 26.6 Å². The van der Waals surface area contributed by atoms with Crippen LogP contribution in [0, 0.1) is 0 Å². The minimum atomic E-state index is -4.79. The van der Waals surface area contributed by atoms with Crippen LogP contribution < -0.4 is 19.9 Å². The molecule has 0 saturated heterocycles. The topological polar surface area (TPSA) is 53.7 Å². The van der Waals surface area contributed by atoms with Gasteiger partial charge in [-0.05, 0) is 35.4 Å². The predicted molar refractivity (Wildman–Crippen MR) is 86.9 cm³/mol. The van der Waals surface area contributed by atoms with Crippen molar-refractivity contribution in [3.8, 4) is 28.4 Å². The molecule has 0 bridgehead atoms. The molecular weight excluding hydrogens is 347 g/mol. The normalized spacial score (nSPS) is 10.7. The maximum Gasteiger partial charge on any atom is 0.573 e. The summed E-state index contributed by atoms with van der Waals surface area (Å²) in [5.41, 5.74) is 6.79. The zero-order valence-corrected chi connectivity index (χ0v) is 13.6. The zero-order valence-electron chi connectivity index (χ0n) is 12.8. The van der Waals surface area contributed by atoms with Gasteiger partial charge in [-0.1, -0.05) is 18.2 Å². The molecule has 0 amide bonds. The van der Waals surface area contributed by atoms with Gasteiger partial charge in [0.1, 0.15) is 12.4 Å². The Morgan fingerprint density at radius 1 is 1.00 bits per heavy atom. The molecule has 0 fully saturated rings. The van der Waals surface area contributed by atoms with Gasteiger partial charge in [0.15, 0.2) is 11.5 Å². The molecule has 0 unspecified atom stereocenters. The van der Waals surface area contributed by atoms with Gasteiger partial charge in [-0.3, -0.25) is 0 Å². The van der Waals surface area contributed by atoms with Crippen LogP contribution in [0.1, 0.15) is 0 Å². The van der Waals surface area contributed by atoms with Crippen LogP contribution in [0.5, 0.6) is 17.2 Å². The molecule has 0 aliphatic heterocycles. The van der Waals surface area contributed by atoms with Crippen molar-refractivity contribution in [2.75, 3.05) is 20.3 Å². The predicted octanol–water partition coefficient (Wildman–Crippen LogP) is 4.02. The van der Waals surface area contributed by atoms with Crippen LogP contribution in [0.3, 0.4) is 0 Å². The van der Waals surface area contributed by atoms with Crippen molar-refractivity contribution in [1.29, 1.82) is 0 Å². The maximum atomic E-state index is 12.4. The Bertz CT molecular complexity index is 665. The monoisotopic (exact) mass is 363 g/mol. The smallest absolute Gasteiger partial charge is 0.497 e. The molecule has 0 radical (unpaired) electrons. The Kier molecular flexibility index (Phi) is 7.18. The van der Waals surface area contributed by atoms with Crippen molar-refractivity contribution < 1.29 is 27.4 Å². The number of halogens is 4. The maximum absolute atomic E-state index is 12.4. The molecule has 132 valence electrons. The van der Waals surface area contributed by atoms with Crippen LogP contribution in [-0.2, 0) is 0 Å². The second-order valence-corrected chi connectivity index (χ2v) is 4.58. The number of ether oxygens (including phenoxy) is 3. The van der Waals surface area contributed by atoms with E-state index in [0.29, 0.717) is 11.3 Å². The molecular formula is C16H17ClF3NO3. The second-order valence-electron chi connectivity index (χ2n) is 4.58. The average Bonchev–Trinajstić information content (AvgIpc) is 2.52. The zero-order chi connectivity index (χ0) is 16.9. The highest BCUT2D eigenvalue weighted by Crippen LogP contribution is 2.36. The molecule has 0 spiro atoms. The SMILES string of the molecule is COc1cccc(-c2ccc(OC(F)(F)F)c(OCCN)c2)c1.Cl. The molecule has 4 nitrogen and oxygen atoms in total. The fourth-order valence-corrected chi connectivity index (χ4v) is 1.98. The Morgan fingerprint density at radius 2 is 1.71 bits per heavy atom. The van der Waals surface area contributed by atoms with E-state index in [4.69, 9.17) is 15.2 Å². The number of hydrogen-bond acceptors (Lipinski definition) is 4. The number of hydrogen-bond donors (Lipinski definition) is 1. The van der Waals surface area contributed by atoms with E-state index in [-0.39, 0.29) is 31.3 Å². The third-order valence-electron chi connectivity index (χ3n) is 2.95. The van der Waals surface area contributed by atoms with Gasteiger partial charge in [-0.15, -0.1) is 25.6 Å². The third-order valence-corrected chi connectivity index (χ3v) is 2.95. The highest BCUT2D eigenvalue weighted by atomic mass is 35.5. The summed E-state index contributed by atoms with van der Waals surface area (Å²) in [5.74, 6) is 0.216. The van der Waals surface area contributed by atoms with Crippen molar-refractivity contribution in [2.45, 2.75) is 6.36 Å². The summed E-state index contributed by atoms with van der Waals surface area (Å²) in [5, 5.41) is 0. The van der Waals surface area contributed by atoms with E-state index in [9.17, 15) is 13.2 Å². The molecule has 0 aliphatic rings. The standard InChI is InChI=1S/C16H16F3NO3.ClH/c1-21-13-4-2-3-11(9-13)12-5-6-14(23-16(17,18)19)15(10-12)22-8-7-20;/h2-6,9-10H,7-8,20H2,1H3;1H. The van der Waals surface area contributed by atoms with Gasteiger partial charge in [0, 0.05) is 6.54 Å². The molecule has 8 heteroatoms. The first kappa shape index (κ1) is 19.9. The summed E-state index contributed by atoms with van der Waals surface area (Å²) >= 11 is 0. The molecule has 0 heterocycles. The number of alkyl halides is 3. The number of methoxy groups -OCH3 is 1. The summed E-state index contributed by atoms with van der Waals surface area (Å²) in [6.07, 6.45) is -4.79. The fourth-order valence-electron chi connectivity index (χ4n) is 1.98. The van der Waals surface area contributed by atoms with Crippen LogP contribution in [0.4, 0.5) is 13.2 Å². The number of benzene rings is 2. The Hall–Kier alpha value is -2.12. The molecule has 24 heavy (non-hydrogen) atoms. The molecule has 2 N–H and O–H groups in total. The molecule has 0 aromatic heterocycles. The van der Waals surface area contributed by atoms with Gasteiger partial charge in [0.2, 0.25) is 0 Å². The Balaban J connectivity index is 0.00000288. The van der Waals surface area contributed by atoms with Crippen LogP contribution in [0.25, 0.3) is 11.1 Å². The summed E-state index contributed by atoms with van der Waals surface area (Å²) in [7, 11) is 1.54. The first-order valence-electron chi connectivity index (χ1n) is 6.80. The van der Waals surface area contributed by atoms with Crippen molar-refractivity contribution in [3.05, 3.63) is 42.5 Å². The first-order chi connectivity index (χ1) is 10.9. The molecule has 2 aromatic carbocycles. The fraction of sp³-hybridized carbons (Fsp3) is 0.250. The summed E-state index contributed by atoms with van der Waals surface area (Å²) < 4.78 is 51.7. The Morgan fingerprint density at radius 3 is 2.33 bits per heavy atom. The lowest BCUT2D eigenvalue weighted by molar-refractivity contribution is -0.275. The van der Waals surface area contributed by atoms with E-state index in [1.807, 2.05) is 6.07 Å². The Labute approximate surface area is 143 Å². The van der Waals surface area contributed by atoms with E-state index < -0.39 is 12.1 Å². The lowest BCUT2D eigenvalue weighted by atomic mass is 10.0. The average molecular weight is 364 g/mol. The molecule has 0 saturated carbocycles. The van der Waals surface area contributed by atoms with E-state index in [0.717, 1.165) is 5.56 Å². The highest BCUT2D eigenvalue weighted by Gasteiger charge is 2.32. The van der Waals surface area contributed by atoms with Crippen molar-refractivity contribution >= 4 is 12.4 Å². The van der Waals surface area contributed by atoms with E-state index in [1.54, 1.807) is 18.2 Å². The first-order valence-corrected chi connectivity index (χ1v) is 6.80. The van der Waals surface area contributed by atoms with Gasteiger partial charge < -0.3 is 19.9 Å². The van der Waals surface area contributed by atoms with Gasteiger partial charge in [0.05, 0.1) is 7.11 Å². The van der Waals surface area contributed by atoms with Crippen molar-refractivity contribution in [1.82, 2.24) is 0 Å². The summed E-state index contributed by atoms with van der Waals surface area (Å²) in [6.45, 7) is 0.255. The van der Waals surface area contributed by atoms with Crippen molar-refractivity contribution in [2.24, 2.45) is 5.73 Å². The second kappa shape index (κ2) is 8.65. The number of rotatable bonds is 6. The van der Waals surface area contributed by atoms with E-state index in [2.05, 4.69) is 4.74 Å². The molecule has 2 rings (SSSR count). The van der Waals surface area contributed by atoms with Crippen LogP contribution in [0.2, 0.25) is 0 Å². The highest BCUT2D eigenvalue weighted by molar-refractivity contribution is 5.85. The lowest BCUT2D eigenvalue weighted by Crippen LogP contribution is -2.18. The molecule has 0 atom stereocenters. The van der Waals surface area contributed by atoms with E-state index in [1.165, 1.54) is 25.3 Å². The molecule has 0 aliphatic carbocycles. The van der Waals surface area contributed by atoms with Gasteiger partial charge in [-0.25, -0.2) is 0 Å². The quantitative estimate of drug-likeness (QED) is 0.842. The lowest BCUT2D eigenvalue weighted by Gasteiger charge is -2.15. The molecule has 2 aromatic rings. The van der Waals surface area contributed by atoms with Gasteiger partial charge >= 0.3 is 6.36 Å². The van der Waals surface area contributed by atoms with Crippen LogP contribution >= 0.6 is 12.4 Å². The minimum Gasteiger partial charge on any atom is -0.497 e. The summed E-state index contributed by atoms with van der Waals surface area (Å²) in [6, 6.07) is 11.4. The summed E-state index contributed by atoms with van der Waals surface area (Å²) in [4.78, 5) is 0. The van der Waals surface area contributed by atoms with Crippen molar-refractivity contribution in [3.63, 3.8) is 0 Å². The minimum absolute atomic E-state index is 0. The van der Waals surface area contributed by atoms with E-state index >= 15 is 0 Å². The third kappa shape index (κ3) is 5.50. The van der Waals surface area contributed by atoms with Crippen LogP contribution in [0.15, 0.2) is 42.5 Å².